The number of aryl methyl sites for hydroxylation is 2. The van der Waals surface area contributed by atoms with Gasteiger partial charge >= 0.3 is 5.97 Å². The molecule has 1 atom stereocenters. The fraction of sp³-hybridized carbons (Fsp3) is 0.400. The number of esters is 1. The average Bonchev–Trinajstić information content (AvgIpc) is 2.91. The summed E-state index contributed by atoms with van der Waals surface area (Å²) < 4.78 is 30.2. The van der Waals surface area contributed by atoms with Gasteiger partial charge in [-0.1, -0.05) is 6.42 Å². The summed E-state index contributed by atoms with van der Waals surface area (Å²) >= 11 is 1.46. The molecule has 1 N–H and O–H groups in total. The Morgan fingerprint density at radius 1 is 1.11 bits per heavy atom. The van der Waals surface area contributed by atoms with Gasteiger partial charge in [0.2, 0.25) is 15.8 Å². The summed E-state index contributed by atoms with van der Waals surface area (Å²) in [5, 5.41) is 0. The van der Waals surface area contributed by atoms with Crippen LogP contribution in [-0.2, 0) is 27.6 Å². The van der Waals surface area contributed by atoms with Crippen molar-refractivity contribution in [3.8, 4) is 0 Å². The van der Waals surface area contributed by atoms with Crippen LogP contribution in [0.5, 0.6) is 0 Å². The van der Waals surface area contributed by atoms with Crippen LogP contribution < -0.4 is 4.72 Å². The molecule has 1 aromatic carbocycles. The lowest BCUT2D eigenvalue weighted by Crippen LogP contribution is -2.24. The summed E-state index contributed by atoms with van der Waals surface area (Å²) in [6.45, 7) is 1.54. The number of ether oxygens (including phenoxy) is 1. The summed E-state index contributed by atoms with van der Waals surface area (Å²) in [6.07, 6.45) is 5.60. The Hall–Kier alpha value is -2.19. The van der Waals surface area contributed by atoms with Crippen molar-refractivity contribution >= 4 is 38.8 Å². The quantitative estimate of drug-likeness (QED) is 0.435. The van der Waals surface area contributed by atoms with Crippen LogP contribution in [0, 0.1) is 0 Å². The number of fused-ring (bicyclic) bond motifs is 1. The molecule has 0 amide bonds. The third kappa shape index (κ3) is 5.20. The first-order chi connectivity index (χ1) is 13.2. The molecule has 0 fully saturated rings. The molecular weight excluding hydrogens is 398 g/mol. The van der Waals surface area contributed by atoms with Gasteiger partial charge in [0.1, 0.15) is 4.88 Å². The Labute approximate surface area is 169 Å². The van der Waals surface area contributed by atoms with Gasteiger partial charge in [-0.25, -0.2) is 13.2 Å². The molecule has 1 aliphatic rings. The molecule has 6 nitrogen and oxygen atoms in total. The smallest absolute Gasteiger partial charge is 0.349 e. The van der Waals surface area contributed by atoms with Crippen LogP contribution in [0.1, 0.15) is 56.7 Å². The monoisotopic (exact) mass is 421 g/mol. The van der Waals surface area contributed by atoms with Crippen LogP contribution in [0.25, 0.3) is 0 Å². The Bertz CT molecular complexity index is 953. The van der Waals surface area contributed by atoms with Crippen molar-refractivity contribution in [2.75, 3.05) is 11.0 Å². The lowest BCUT2D eigenvalue weighted by atomic mass is 10.1. The topological polar surface area (TPSA) is 89.5 Å². The van der Waals surface area contributed by atoms with Crippen LogP contribution in [0.3, 0.4) is 0 Å². The minimum Gasteiger partial charge on any atom is -0.450 e. The van der Waals surface area contributed by atoms with E-state index in [0.717, 1.165) is 31.9 Å². The van der Waals surface area contributed by atoms with Crippen LogP contribution >= 0.6 is 11.3 Å². The first kappa shape index (κ1) is 20.5. The predicted molar refractivity (Wildman–Crippen MR) is 110 cm³/mol. The number of rotatable bonds is 6. The number of carbonyl (C=O) groups excluding carboxylic acids is 2. The van der Waals surface area contributed by atoms with E-state index in [4.69, 9.17) is 4.74 Å². The van der Waals surface area contributed by atoms with Gasteiger partial charge in [-0.15, -0.1) is 11.3 Å². The van der Waals surface area contributed by atoms with Gasteiger partial charge in [-0.05, 0) is 68.5 Å². The number of thiophene rings is 1. The third-order valence-electron chi connectivity index (χ3n) is 4.57. The summed E-state index contributed by atoms with van der Waals surface area (Å²) in [4.78, 5) is 26.8. The minimum absolute atomic E-state index is 0.336. The largest absolute Gasteiger partial charge is 0.450 e. The zero-order chi connectivity index (χ0) is 20.3. The number of benzene rings is 1. The van der Waals surface area contributed by atoms with E-state index < -0.39 is 22.1 Å². The van der Waals surface area contributed by atoms with Crippen molar-refractivity contribution in [1.29, 1.82) is 0 Å². The second kappa shape index (κ2) is 8.45. The van der Waals surface area contributed by atoms with Crippen molar-refractivity contribution in [3.63, 3.8) is 0 Å². The molecule has 0 saturated carbocycles. The number of hydrogen-bond donors (Lipinski definition) is 1. The van der Waals surface area contributed by atoms with Crippen LogP contribution in [0.4, 0.5) is 5.69 Å². The SMILES string of the molecule is C[C@H](OC(=O)c1cc2c(s1)CCCCC2)C(=O)c1ccc(NS(C)(=O)=O)cc1. The van der Waals surface area contributed by atoms with Crippen LogP contribution in [0.15, 0.2) is 30.3 Å². The van der Waals surface area contributed by atoms with E-state index in [1.807, 2.05) is 6.07 Å². The van der Waals surface area contributed by atoms with Crippen molar-refractivity contribution in [1.82, 2.24) is 0 Å². The number of ketones is 1. The number of hydrogen-bond acceptors (Lipinski definition) is 6. The highest BCUT2D eigenvalue weighted by molar-refractivity contribution is 7.92. The highest BCUT2D eigenvalue weighted by atomic mass is 32.2. The van der Waals surface area contributed by atoms with Crippen LogP contribution in [-0.4, -0.2) is 32.5 Å². The number of carbonyl (C=O) groups is 2. The highest BCUT2D eigenvalue weighted by Gasteiger charge is 2.23. The molecule has 2 aromatic rings. The van der Waals surface area contributed by atoms with Gasteiger partial charge in [0.25, 0.3) is 0 Å². The minimum atomic E-state index is -3.38. The van der Waals surface area contributed by atoms with Gasteiger partial charge in [0.15, 0.2) is 6.10 Å². The lowest BCUT2D eigenvalue weighted by Gasteiger charge is -2.12. The van der Waals surface area contributed by atoms with Gasteiger partial charge in [0, 0.05) is 16.1 Å². The van der Waals surface area contributed by atoms with Gasteiger partial charge < -0.3 is 4.74 Å². The summed E-state index contributed by atoms with van der Waals surface area (Å²) in [6, 6.07) is 7.91. The molecule has 0 radical (unpaired) electrons. The van der Waals surface area contributed by atoms with E-state index in [0.29, 0.717) is 16.1 Å². The van der Waals surface area contributed by atoms with Crippen molar-refractivity contribution in [2.24, 2.45) is 0 Å². The number of Topliss-reactive ketones (excluding diaryl/α,β-unsaturated/α-hetero) is 1. The zero-order valence-electron chi connectivity index (χ0n) is 15.9. The Morgan fingerprint density at radius 2 is 1.79 bits per heavy atom. The molecule has 3 rings (SSSR count). The second-order valence-corrected chi connectivity index (χ2v) is 9.87. The molecule has 8 heteroatoms. The zero-order valence-corrected chi connectivity index (χ0v) is 17.5. The molecule has 0 bridgehead atoms. The fourth-order valence-corrected chi connectivity index (χ4v) is 4.89. The maximum atomic E-state index is 12.5. The van der Waals surface area contributed by atoms with E-state index in [1.54, 1.807) is 6.92 Å². The number of anilines is 1. The second-order valence-electron chi connectivity index (χ2n) is 6.98. The van der Waals surface area contributed by atoms with E-state index >= 15 is 0 Å². The van der Waals surface area contributed by atoms with E-state index in [9.17, 15) is 18.0 Å². The molecule has 1 heterocycles. The molecule has 150 valence electrons. The maximum Gasteiger partial charge on any atom is 0.349 e. The van der Waals surface area contributed by atoms with E-state index in [2.05, 4.69) is 4.72 Å². The van der Waals surface area contributed by atoms with Gasteiger partial charge in [0.05, 0.1) is 6.26 Å². The van der Waals surface area contributed by atoms with Crippen molar-refractivity contribution in [2.45, 2.75) is 45.1 Å². The number of sulfonamides is 1. The first-order valence-corrected chi connectivity index (χ1v) is 11.9. The lowest BCUT2D eigenvalue weighted by molar-refractivity contribution is 0.0323. The normalized spacial score (nSPS) is 15.2. The molecule has 0 spiro atoms. The summed E-state index contributed by atoms with van der Waals surface area (Å²) in [7, 11) is -3.38. The first-order valence-electron chi connectivity index (χ1n) is 9.17. The van der Waals surface area contributed by atoms with Gasteiger partial charge in [-0.3, -0.25) is 9.52 Å². The third-order valence-corrected chi connectivity index (χ3v) is 6.40. The Morgan fingerprint density at radius 3 is 2.46 bits per heavy atom. The summed E-state index contributed by atoms with van der Waals surface area (Å²) in [5.74, 6) is -0.813. The molecular formula is C20H23NO5S2. The van der Waals surface area contributed by atoms with E-state index in [-0.39, 0.29) is 5.78 Å². The molecule has 28 heavy (non-hydrogen) atoms. The standard InChI is InChI=1S/C20H23NO5S2/c1-13(19(22)14-8-10-16(11-9-14)21-28(2,24)25)26-20(23)18-12-15-6-4-3-5-7-17(15)27-18/h8-13,21H,3-7H2,1-2H3/t13-/m0/s1. The number of nitrogens with one attached hydrogen (secondary N) is 1. The molecule has 0 saturated heterocycles. The molecule has 1 aromatic heterocycles. The molecule has 1 aliphatic carbocycles. The Kier molecular flexibility index (Phi) is 6.20. The van der Waals surface area contributed by atoms with Crippen molar-refractivity contribution < 1.29 is 22.7 Å². The fourth-order valence-electron chi connectivity index (χ4n) is 3.19. The Balaban J connectivity index is 1.64. The maximum absolute atomic E-state index is 12.5. The summed E-state index contributed by atoms with van der Waals surface area (Å²) in [5.41, 5.74) is 1.94. The van der Waals surface area contributed by atoms with E-state index in [1.165, 1.54) is 52.5 Å². The highest BCUT2D eigenvalue weighted by Crippen LogP contribution is 2.29. The van der Waals surface area contributed by atoms with Gasteiger partial charge in [-0.2, -0.15) is 0 Å². The van der Waals surface area contributed by atoms with Crippen LogP contribution in [0.2, 0.25) is 0 Å². The molecule has 0 aliphatic heterocycles. The van der Waals surface area contributed by atoms with Crippen molar-refractivity contribution in [3.05, 3.63) is 51.2 Å². The average molecular weight is 422 g/mol. The predicted octanol–water partition coefficient (Wildman–Crippen LogP) is 3.82. The molecule has 0 unspecified atom stereocenters.